The number of halogens is 3. The summed E-state index contributed by atoms with van der Waals surface area (Å²) in [6.45, 7) is 1.01. The van der Waals surface area contributed by atoms with Gasteiger partial charge in [0.15, 0.2) is 11.6 Å². The Kier molecular flexibility index (Phi) is 4.50. The summed E-state index contributed by atoms with van der Waals surface area (Å²) >= 11 is 5.52. The number of benzene rings is 1. The summed E-state index contributed by atoms with van der Waals surface area (Å²) in [7, 11) is 0. The summed E-state index contributed by atoms with van der Waals surface area (Å²) < 4.78 is 32.8. The summed E-state index contributed by atoms with van der Waals surface area (Å²) in [5, 5.41) is 1.87. The molecule has 0 aromatic heterocycles. The average Bonchev–Trinajstić information content (AvgIpc) is 3.34. The van der Waals surface area contributed by atoms with E-state index in [1.807, 2.05) is 5.32 Å². The van der Waals surface area contributed by atoms with Gasteiger partial charge in [-0.1, -0.05) is 11.6 Å². The predicted molar refractivity (Wildman–Crippen MR) is 79.0 cm³/mol. The highest BCUT2D eigenvalue weighted by molar-refractivity contribution is 6.39. The standard InChI is InChI=1S/C15H15ClF2N2O3/c16-9-5-10(17)13(11(18)6-9)19-14(21)15(22)20-3-4-23-7-12(20)8-1-2-8/h5-6,8,12H,1-4,7H2,(H,19,21)/t12-/m0/s1. The van der Waals surface area contributed by atoms with Gasteiger partial charge in [0.2, 0.25) is 0 Å². The lowest BCUT2D eigenvalue weighted by Gasteiger charge is -2.35. The molecule has 1 heterocycles. The van der Waals surface area contributed by atoms with Gasteiger partial charge in [0.25, 0.3) is 0 Å². The fraction of sp³-hybridized carbons (Fsp3) is 0.467. The van der Waals surface area contributed by atoms with E-state index in [9.17, 15) is 18.4 Å². The van der Waals surface area contributed by atoms with Gasteiger partial charge in [-0.2, -0.15) is 0 Å². The van der Waals surface area contributed by atoms with Crippen LogP contribution in [0.5, 0.6) is 0 Å². The van der Waals surface area contributed by atoms with Gasteiger partial charge in [-0.15, -0.1) is 0 Å². The lowest BCUT2D eigenvalue weighted by molar-refractivity contribution is -0.149. The third-order valence-electron chi connectivity index (χ3n) is 4.03. The summed E-state index contributed by atoms with van der Waals surface area (Å²) in [6, 6.07) is 1.58. The van der Waals surface area contributed by atoms with Gasteiger partial charge in [-0.05, 0) is 30.9 Å². The number of morpholine rings is 1. The van der Waals surface area contributed by atoms with Crippen LogP contribution in [-0.2, 0) is 14.3 Å². The van der Waals surface area contributed by atoms with Gasteiger partial charge in [-0.25, -0.2) is 8.78 Å². The molecule has 0 bridgehead atoms. The summed E-state index contributed by atoms with van der Waals surface area (Å²) in [6.07, 6.45) is 1.97. The van der Waals surface area contributed by atoms with E-state index in [2.05, 4.69) is 0 Å². The molecule has 0 unspecified atom stereocenters. The number of hydrogen-bond acceptors (Lipinski definition) is 3. The monoisotopic (exact) mass is 344 g/mol. The molecular formula is C15H15ClF2N2O3. The van der Waals surface area contributed by atoms with Gasteiger partial charge in [0.1, 0.15) is 5.69 Å². The normalized spacial score (nSPS) is 21.2. The minimum atomic E-state index is -1.07. The highest BCUT2D eigenvalue weighted by atomic mass is 35.5. The highest BCUT2D eigenvalue weighted by Crippen LogP contribution is 2.36. The van der Waals surface area contributed by atoms with Crippen LogP contribution in [0.3, 0.4) is 0 Å². The van der Waals surface area contributed by atoms with E-state index < -0.39 is 29.1 Å². The third kappa shape index (κ3) is 3.45. The summed E-state index contributed by atoms with van der Waals surface area (Å²) in [5.41, 5.74) is -0.677. The van der Waals surface area contributed by atoms with Crippen molar-refractivity contribution in [3.63, 3.8) is 0 Å². The van der Waals surface area contributed by atoms with Crippen molar-refractivity contribution in [2.24, 2.45) is 5.92 Å². The van der Waals surface area contributed by atoms with Gasteiger partial charge < -0.3 is 15.0 Å². The smallest absolute Gasteiger partial charge is 0.314 e. The number of ether oxygens (including phenoxy) is 1. The third-order valence-corrected chi connectivity index (χ3v) is 4.25. The zero-order chi connectivity index (χ0) is 16.6. The van der Waals surface area contributed by atoms with Crippen molar-refractivity contribution in [2.75, 3.05) is 25.1 Å². The molecule has 1 saturated heterocycles. The molecule has 2 aliphatic rings. The van der Waals surface area contributed by atoms with E-state index in [-0.39, 0.29) is 11.1 Å². The van der Waals surface area contributed by atoms with E-state index in [4.69, 9.17) is 16.3 Å². The molecule has 1 aromatic rings. The zero-order valence-corrected chi connectivity index (χ0v) is 12.9. The Labute approximate surface area is 136 Å². The Bertz CT molecular complexity index is 629. The van der Waals surface area contributed by atoms with Crippen molar-refractivity contribution >= 4 is 29.1 Å². The van der Waals surface area contributed by atoms with Crippen LogP contribution in [0, 0.1) is 17.6 Å². The van der Waals surface area contributed by atoms with E-state index in [1.54, 1.807) is 0 Å². The number of anilines is 1. The molecular weight excluding hydrogens is 330 g/mol. The first-order chi connectivity index (χ1) is 11.0. The number of rotatable bonds is 2. The number of nitrogens with zero attached hydrogens (tertiary/aromatic N) is 1. The van der Waals surface area contributed by atoms with Crippen LogP contribution in [0.4, 0.5) is 14.5 Å². The number of nitrogens with one attached hydrogen (secondary N) is 1. The van der Waals surface area contributed by atoms with Crippen LogP contribution in [0.1, 0.15) is 12.8 Å². The van der Waals surface area contributed by atoms with E-state index in [0.29, 0.717) is 25.7 Å². The Balaban J connectivity index is 1.73. The number of amides is 2. The lowest BCUT2D eigenvalue weighted by atomic mass is 10.1. The Morgan fingerprint density at radius 1 is 1.26 bits per heavy atom. The first-order valence-electron chi connectivity index (χ1n) is 7.31. The van der Waals surface area contributed by atoms with Crippen LogP contribution in [0.25, 0.3) is 0 Å². The molecule has 2 fully saturated rings. The maximum Gasteiger partial charge on any atom is 0.314 e. The second kappa shape index (κ2) is 6.41. The van der Waals surface area contributed by atoms with Gasteiger partial charge in [0, 0.05) is 11.6 Å². The van der Waals surface area contributed by atoms with Crippen molar-refractivity contribution in [1.82, 2.24) is 4.90 Å². The minimum absolute atomic E-state index is 0.133. The van der Waals surface area contributed by atoms with E-state index in [1.165, 1.54) is 4.90 Å². The molecule has 1 aliphatic heterocycles. The molecule has 3 rings (SSSR count). The first-order valence-corrected chi connectivity index (χ1v) is 7.69. The van der Waals surface area contributed by atoms with Crippen LogP contribution in [0.2, 0.25) is 5.02 Å². The van der Waals surface area contributed by atoms with Crippen LogP contribution in [-0.4, -0.2) is 42.5 Å². The molecule has 124 valence electrons. The second-order valence-electron chi connectivity index (χ2n) is 5.68. The largest absolute Gasteiger partial charge is 0.377 e. The van der Waals surface area contributed by atoms with Gasteiger partial charge in [0.05, 0.1) is 19.3 Å². The predicted octanol–water partition coefficient (Wildman–Crippen LogP) is 2.19. The van der Waals surface area contributed by atoms with Gasteiger partial charge in [-0.3, -0.25) is 9.59 Å². The Morgan fingerprint density at radius 3 is 2.52 bits per heavy atom. The lowest BCUT2D eigenvalue weighted by Crippen LogP contribution is -2.53. The number of carbonyl (C=O) groups excluding carboxylic acids is 2. The highest BCUT2D eigenvalue weighted by Gasteiger charge is 2.41. The van der Waals surface area contributed by atoms with Crippen LogP contribution in [0.15, 0.2) is 12.1 Å². The average molecular weight is 345 g/mol. The maximum atomic E-state index is 13.7. The van der Waals surface area contributed by atoms with Crippen molar-refractivity contribution in [3.8, 4) is 0 Å². The molecule has 1 aliphatic carbocycles. The fourth-order valence-electron chi connectivity index (χ4n) is 2.71. The molecule has 0 radical (unpaired) electrons. The first kappa shape index (κ1) is 16.1. The SMILES string of the molecule is O=C(Nc1c(F)cc(Cl)cc1F)C(=O)N1CCOC[C@H]1C1CC1. The quantitative estimate of drug-likeness (QED) is 0.837. The molecule has 23 heavy (non-hydrogen) atoms. The van der Waals surface area contributed by atoms with Crippen molar-refractivity contribution in [2.45, 2.75) is 18.9 Å². The number of hydrogen-bond donors (Lipinski definition) is 1. The molecule has 8 heteroatoms. The Hall–Kier alpha value is -1.73. The Morgan fingerprint density at radius 2 is 1.91 bits per heavy atom. The maximum absolute atomic E-state index is 13.7. The fourth-order valence-corrected chi connectivity index (χ4v) is 2.90. The van der Waals surface area contributed by atoms with Crippen molar-refractivity contribution in [3.05, 3.63) is 28.8 Å². The molecule has 1 aromatic carbocycles. The molecule has 2 amide bonds. The number of carbonyl (C=O) groups is 2. The molecule has 1 atom stereocenters. The molecule has 5 nitrogen and oxygen atoms in total. The van der Waals surface area contributed by atoms with Crippen LogP contribution >= 0.6 is 11.6 Å². The van der Waals surface area contributed by atoms with Crippen molar-refractivity contribution in [1.29, 1.82) is 0 Å². The molecule has 1 saturated carbocycles. The topological polar surface area (TPSA) is 58.6 Å². The van der Waals surface area contributed by atoms with Gasteiger partial charge >= 0.3 is 11.8 Å². The van der Waals surface area contributed by atoms with Crippen molar-refractivity contribution < 1.29 is 23.1 Å². The summed E-state index contributed by atoms with van der Waals surface area (Å²) in [5.74, 6) is -3.61. The minimum Gasteiger partial charge on any atom is -0.377 e. The molecule has 1 N–H and O–H groups in total. The molecule has 0 spiro atoms. The second-order valence-corrected chi connectivity index (χ2v) is 6.11. The summed E-state index contributed by atoms with van der Waals surface area (Å²) in [4.78, 5) is 25.8. The van der Waals surface area contributed by atoms with E-state index >= 15 is 0 Å². The zero-order valence-electron chi connectivity index (χ0n) is 12.2. The van der Waals surface area contributed by atoms with E-state index in [0.717, 1.165) is 25.0 Å². The van der Waals surface area contributed by atoms with Crippen LogP contribution < -0.4 is 5.32 Å².